The molecule has 0 saturated carbocycles. The van der Waals surface area contributed by atoms with E-state index in [2.05, 4.69) is 58.3 Å². The first-order chi connectivity index (χ1) is 9.75. The summed E-state index contributed by atoms with van der Waals surface area (Å²) in [6.07, 6.45) is 2.13. The van der Waals surface area contributed by atoms with E-state index in [0.29, 0.717) is 5.92 Å². The van der Waals surface area contributed by atoms with Crippen LogP contribution >= 0.6 is 23.1 Å². The first-order valence-electron chi connectivity index (χ1n) is 7.43. The zero-order chi connectivity index (χ0) is 15.8. The number of amides is 1. The Hall–Kier alpha value is -0.520. The minimum absolute atomic E-state index is 0.0232. The molecule has 0 aromatic carbocycles. The van der Waals surface area contributed by atoms with Crippen molar-refractivity contribution in [2.75, 3.05) is 12.8 Å². The van der Waals surface area contributed by atoms with Gasteiger partial charge in [-0.2, -0.15) is 11.8 Å². The number of rotatable bonds is 5. The molecule has 1 saturated heterocycles. The van der Waals surface area contributed by atoms with Gasteiger partial charge in [-0.15, -0.1) is 11.3 Å². The number of carbonyl (C=O) groups is 1. The van der Waals surface area contributed by atoms with Crippen LogP contribution in [0.3, 0.4) is 0 Å². The van der Waals surface area contributed by atoms with Crippen LogP contribution in [0, 0.1) is 12.8 Å². The number of thiophene rings is 1. The molecule has 21 heavy (non-hydrogen) atoms. The SMILES string of the molecule is CSC(C)(C)CN1C(=O)C(C(C)C)NC1c1ccc(C)s1. The second-order valence-electron chi connectivity index (χ2n) is 6.67. The quantitative estimate of drug-likeness (QED) is 0.896. The van der Waals surface area contributed by atoms with E-state index in [1.165, 1.54) is 9.75 Å². The van der Waals surface area contributed by atoms with E-state index in [1.807, 2.05) is 16.7 Å². The number of hydrogen-bond acceptors (Lipinski definition) is 4. The Bertz CT molecular complexity index is 510. The van der Waals surface area contributed by atoms with Crippen molar-refractivity contribution in [3.05, 3.63) is 21.9 Å². The summed E-state index contributed by atoms with van der Waals surface area (Å²) in [5.74, 6) is 0.548. The Labute approximate surface area is 136 Å². The number of carbonyl (C=O) groups excluding carboxylic acids is 1. The van der Waals surface area contributed by atoms with E-state index in [0.717, 1.165) is 6.54 Å². The fourth-order valence-corrected chi connectivity index (χ4v) is 3.81. The first-order valence-corrected chi connectivity index (χ1v) is 9.47. The highest BCUT2D eigenvalue weighted by atomic mass is 32.2. The lowest BCUT2D eigenvalue weighted by atomic mass is 10.0. The summed E-state index contributed by atoms with van der Waals surface area (Å²) in [5, 5.41) is 3.54. The number of nitrogens with zero attached hydrogens (tertiary/aromatic N) is 1. The summed E-state index contributed by atoms with van der Waals surface area (Å²) >= 11 is 3.58. The Morgan fingerprint density at radius 3 is 2.57 bits per heavy atom. The first kappa shape index (κ1) is 16.8. The molecular formula is C16H26N2OS2. The van der Waals surface area contributed by atoms with Crippen LogP contribution in [0.4, 0.5) is 0 Å². The third-order valence-corrected chi connectivity index (χ3v) is 6.29. The van der Waals surface area contributed by atoms with Crippen LogP contribution < -0.4 is 5.32 Å². The summed E-state index contributed by atoms with van der Waals surface area (Å²) in [6, 6.07) is 4.20. The summed E-state index contributed by atoms with van der Waals surface area (Å²) in [4.78, 5) is 17.3. The highest BCUT2D eigenvalue weighted by Gasteiger charge is 2.43. The van der Waals surface area contributed by atoms with Crippen LogP contribution in [0.5, 0.6) is 0 Å². The van der Waals surface area contributed by atoms with E-state index in [4.69, 9.17) is 0 Å². The van der Waals surface area contributed by atoms with E-state index in [1.54, 1.807) is 11.3 Å². The van der Waals surface area contributed by atoms with E-state index >= 15 is 0 Å². The van der Waals surface area contributed by atoms with Gasteiger partial charge in [0, 0.05) is 21.0 Å². The predicted molar refractivity (Wildman–Crippen MR) is 92.9 cm³/mol. The van der Waals surface area contributed by atoms with Gasteiger partial charge >= 0.3 is 0 Å². The monoisotopic (exact) mass is 326 g/mol. The minimum atomic E-state index is -0.0740. The molecule has 1 aromatic heterocycles. The Morgan fingerprint density at radius 2 is 2.10 bits per heavy atom. The molecule has 1 amide bonds. The molecule has 2 atom stereocenters. The summed E-state index contributed by atoms with van der Waals surface area (Å²) < 4.78 is 0.0633. The molecule has 1 aliphatic rings. The largest absolute Gasteiger partial charge is 0.319 e. The number of nitrogens with one attached hydrogen (secondary N) is 1. The third-order valence-electron chi connectivity index (χ3n) is 4.00. The second-order valence-corrected chi connectivity index (χ2v) is 9.50. The van der Waals surface area contributed by atoms with Crippen molar-refractivity contribution < 1.29 is 4.79 Å². The summed E-state index contributed by atoms with van der Waals surface area (Å²) in [5.41, 5.74) is 0. The Kier molecular flexibility index (Phi) is 5.06. The predicted octanol–water partition coefficient (Wildman–Crippen LogP) is 3.65. The average molecular weight is 327 g/mol. The molecule has 5 heteroatoms. The molecule has 0 aliphatic carbocycles. The van der Waals surface area contributed by atoms with Gasteiger partial charge in [0.25, 0.3) is 0 Å². The normalized spacial score (nSPS) is 23.4. The molecule has 1 N–H and O–H groups in total. The van der Waals surface area contributed by atoms with Gasteiger partial charge in [-0.1, -0.05) is 13.8 Å². The fourth-order valence-electron chi connectivity index (χ4n) is 2.59. The van der Waals surface area contributed by atoms with Gasteiger partial charge in [-0.25, -0.2) is 0 Å². The maximum Gasteiger partial charge on any atom is 0.241 e. The molecule has 0 bridgehead atoms. The highest BCUT2D eigenvalue weighted by Crippen LogP contribution is 2.35. The lowest BCUT2D eigenvalue weighted by Crippen LogP contribution is -2.40. The maximum absolute atomic E-state index is 12.8. The molecule has 1 aromatic rings. The molecule has 0 radical (unpaired) electrons. The van der Waals surface area contributed by atoms with Crippen LogP contribution in [-0.4, -0.2) is 34.4 Å². The molecule has 2 unspecified atom stereocenters. The number of aryl methyl sites for hydroxylation is 1. The van der Waals surface area contributed by atoms with Gasteiger partial charge in [-0.05, 0) is 45.1 Å². The Morgan fingerprint density at radius 1 is 1.43 bits per heavy atom. The van der Waals surface area contributed by atoms with Crippen molar-refractivity contribution in [2.24, 2.45) is 5.92 Å². The highest BCUT2D eigenvalue weighted by molar-refractivity contribution is 7.99. The molecule has 0 spiro atoms. The zero-order valence-electron chi connectivity index (χ0n) is 13.8. The molecule has 3 nitrogen and oxygen atoms in total. The molecule has 1 fully saturated rings. The second kappa shape index (κ2) is 6.31. The van der Waals surface area contributed by atoms with Crippen LogP contribution in [0.15, 0.2) is 12.1 Å². The molecule has 1 aliphatic heterocycles. The standard InChI is InChI=1S/C16H26N2OS2/c1-10(2)13-15(19)18(9-16(4,5)20-6)14(17-13)12-8-7-11(3)21-12/h7-8,10,13-14,17H,9H2,1-6H3. The van der Waals surface area contributed by atoms with E-state index in [9.17, 15) is 4.79 Å². The summed E-state index contributed by atoms with van der Waals surface area (Å²) in [6.45, 7) is 11.5. The van der Waals surface area contributed by atoms with Crippen molar-refractivity contribution in [3.8, 4) is 0 Å². The molecular weight excluding hydrogens is 300 g/mol. The lowest BCUT2D eigenvalue weighted by Gasteiger charge is -2.32. The van der Waals surface area contributed by atoms with Crippen LogP contribution in [-0.2, 0) is 4.79 Å². The smallest absolute Gasteiger partial charge is 0.241 e. The Balaban J connectivity index is 2.29. The van der Waals surface area contributed by atoms with Gasteiger partial charge in [0.05, 0.1) is 6.04 Å². The van der Waals surface area contributed by atoms with Crippen LogP contribution in [0.1, 0.15) is 43.6 Å². The third kappa shape index (κ3) is 3.63. The fraction of sp³-hybridized carbons (Fsp3) is 0.688. The van der Waals surface area contributed by atoms with Crippen molar-refractivity contribution in [1.29, 1.82) is 0 Å². The van der Waals surface area contributed by atoms with Crippen LogP contribution in [0.2, 0.25) is 0 Å². The number of hydrogen-bond donors (Lipinski definition) is 1. The maximum atomic E-state index is 12.8. The molecule has 2 heterocycles. The van der Waals surface area contributed by atoms with Gasteiger partial charge in [0.15, 0.2) is 0 Å². The van der Waals surface area contributed by atoms with E-state index in [-0.39, 0.29) is 22.9 Å². The average Bonchev–Trinajstić information content (AvgIpc) is 2.95. The van der Waals surface area contributed by atoms with E-state index < -0.39 is 0 Å². The van der Waals surface area contributed by atoms with Crippen molar-refractivity contribution in [2.45, 2.75) is 51.6 Å². The molecule has 118 valence electrons. The van der Waals surface area contributed by atoms with Gasteiger partial charge in [-0.3, -0.25) is 10.1 Å². The van der Waals surface area contributed by atoms with Crippen LogP contribution in [0.25, 0.3) is 0 Å². The zero-order valence-corrected chi connectivity index (χ0v) is 15.4. The lowest BCUT2D eigenvalue weighted by molar-refractivity contribution is -0.131. The summed E-state index contributed by atoms with van der Waals surface area (Å²) in [7, 11) is 0. The number of thioether (sulfide) groups is 1. The van der Waals surface area contributed by atoms with Crippen molar-refractivity contribution in [3.63, 3.8) is 0 Å². The van der Waals surface area contributed by atoms with Gasteiger partial charge in [0.2, 0.25) is 5.91 Å². The van der Waals surface area contributed by atoms with Gasteiger partial charge in [0.1, 0.15) is 6.17 Å². The van der Waals surface area contributed by atoms with Crippen molar-refractivity contribution in [1.82, 2.24) is 10.2 Å². The van der Waals surface area contributed by atoms with Crippen molar-refractivity contribution >= 4 is 29.0 Å². The molecule has 2 rings (SSSR count). The van der Waals surface area contributed by atoms with Gasteiger partial charge < -0.3 is 4.90 Å². The minimum Gasteiger partial charge on any atom is -0.319 e. The topological polar surface area (TPSA) is 32.3 Å².